The van der Waals surface area contributed by atoms with E-state index in [2.05, 4.69) is 9.88 Å². The summed E-state index contributed by atoms with van der Waals surface area (Å²) in [4.78, 5) is 6.40. The average molecular weight is 277 g/mol. The topological polar surface area (TPSA) is 16.1 Å². The van der Waals surface area contributed by atoms with E-state index in [0.717, 1.165) is 35.6 Å². The smallest absolute Gasteiger partial charge is 0.125 e. The molecule has 0 bridgehead atoms. The normalized spacial score (nSPS) is 13.7. The molecule has 0 unspecified atom stereocenters. The number of hydrogen-bond acceptors (Lipinski definition) is 2. The van der Waals surface area contributed by atoms with Gasteiger partial charge in [0.2, 0.25) is 0 Å². The fourth-order valence-electron chi connectivity index (χ4n) is 2.53. The van der Waals surface area contributed by atoms with E-state index < -0.39 is 0 Å². The van der Waals surface area contributed by atoms with E-state index in [1.54, 1.807) is 12.3 Å². The minimum absolute atomic E-state index is 0.205. The Balaban J connectivity index is 2.10. The van der Waals surface area contributed by atoms with Gasteiger partial charge in [0.25, 0.3) is 0 Å². The summed E-state index contributed by atoms with van der Waals surface area (Å²) >= 11 is 5.98. The second-order valence-corrected chi connectivity index (χ2v) is 5.03. The minimum Gasteiger partial charge on any atom is -0.340 e. The summed E-state index contributed by atoms with van der Waals surface area (Å²) in [6.07, 6.45) is 2.73. The van der Waals surface area contributed by atoms with Crippen LogP contribution in [0.2, 0.25) is 0 Å². The zero-order valence-corrected chi connectivity index (χ0v) is 11.4. The number of fused-ring (bicyclic) bond motifs is 1. The van der Waals surface area contributed by atoms with Crippen molar-refractivity contribution in [2.45, 2.75) is 19.2 Å². The van der Waals surface area contributed by atoms with Gasteiger partial charge in [0.05, 0.1) is 5.88 Å². The van der Waals surface area contributed by atoms with E-state index in [9.17, 15) is 4.39 Å². The second-order valence-electron chi connectivity index (χ2n) is 4.76. The van der Waals surface area contributed by atoms with Crippen LogP contribution in [0, 0.1) is 12.7 Å². The molecule has 0 fully saturated rings. The summed E-state index contributed by atoms with van der Waals surface area (Å²) in [7, 11) is 0. The van der Waals surface area contributed by atoms with Gasteiger partial charge in [0.1, 0.15) is 5.82 Å². The van der Waals surface area contributed by atoms with Gasteiger partial charge in [-0.2, -0.15) is 0 Å². The predicted molar refractivity (Wildman–Crippen MR) is 75.6 cm³/mol. The van der Waals surface area contributed by atoms with E-state index in [1.165, 1.54) is 11.6 Å². The Hall–Kier alpha value is -1.61. The van der Waals surface area contributed by atoms with Crippen LogP contribution in [0.15, 0.2) is 30.5 Å². The zero-order valence-electron chi connectivity index (χ0n) is 10.7. The Kier molecular flexibility index (Phi) is 3.15. The molecule has 1 aliphatic rings. The molecule has 2 aromatic rings. The maximum absolute atomic E-state index is 13.4. The lowest BCUT2D eigenvalue weighted by atomic mass is 10.1. The van der Waals surface area contributed by atoms with Crippen LogP contribution in [-0.2, 0) is 12.3 Å². The molecule has 1 aromatic carbocycles. The van der Waals surface area contributed by atoms with Gasteiger partial charge in [-0.15, -0.1) is 11.6 Å². The Labute approximate surface area is 116 Å². The van der Waals surface area contributed by atoms with Crippen molar-refractivity contribution in [1.29, 1.82) is 0 Å². The summed E-state index contributed by atoms with van der Waals surface area (Å²) in [6, 6.07) is 6.98. The molecule has 0 amide bonds. The third-order valence-electron chi connectivity index (χ3n) is 3.48. The third-order valence-corrected chi connectivity index (χ3v) is 3.76. The van der Waals surface area contributed by atoms with Crippen LogP contribution in [0.4, 0.5) is 15.8 Å². The number of nitrogens with zero attached hydrogens (tertiary/aromatic N) is 2. The zero-order chi connectivity index (χ0) is 13.4. The van der Waals surface area contributed by atoms with Gasteiger partial charge in [-0.3, -0.25) is 4.98 Å². The van der Waals surface area contributed by atoms with E-state index in [4.69, 9.17) is 11.6 Å². The summed E-state index contributed by atoms with van der Waals surface area (Å²) in [5, 5.41) is 0. The summed E-state index contributed by atoms with van der Waals surface area (Å²) in [5.41, 5.74) is 5.07. The van der Waals surface area contributed by atoms with E-state index in [0.29, 0.717) is 5.88 Å². The van der Waals surface area contributed by atoms with Crippen molar-refractivity contribution in [2.75, 3.05) is 11.4 Å². The number of aromatic nitrogens is 1. The quantitative estimate of drug-likeness (QED) is 0.772. The highest BCUT2D eigenvalue weighted by atomic mass is 35.5. The number of benzene rings is 1. The fourth-order valence-corrected chi connectivity index (χ4v) is 2.74. The maximum atomic E-state index is 13.4. The summed E-state index contributed by atoms with van der Waals surface area (Å²) in [6.45, 7) is 2.80. The number of halogens is 2. The highest BCUT2D eigenvalue weighted by molar-refractivity contribution is 6.17. The molecule has 1 aliphatic heterocycles. The number of aryl methyl sites for hydroxylation is 1. The molecule has 0 saturated carbocycles. The van der Waals surface area contributed by atoms with Gasteiger partial charge in [-0.05, 0) is 37.1 Å². The highest BCUT2D eigenvalue weighted by Crippen LogP contribution is 2.37. The first-order valence-corrected chi connectivity index (χ1v) is 6.80. The molecule has 0 aliphatic carbocycles. The van der Waals surface area contributed by atoms with Crippen LogP contribution >= 0.6 is 11.6 Å². The first-order valence-electron chi connectivity index (χ1n) is 6.26. The molecule has 0 atom stereocenters. The van der Waals surface area contributed by atoms with E-state index >= 15 is 0 Å². The first kappa shape index (κ1) is 12.4. The Morgan fingerprint density at radius 3 is 2.95 bits per heavy atom. The van der Waals surface area contributed by atoms with Crippen LogP contribution in [0.25, 0.3) is 0 Å². The number of pyridine rings is 1. The molecule has 2 heterocycles. The van der Waals surface area contributed by atoms with Crippen molar-refractivity contribution < 1.29 is 4.39 Å². The molecular formula is C15H14ClFN2. The van der Waals surface area contributed by atoms with E-state index in [1.807, 2.05) is 19.1 Å². The monoisotopic (exact) mass is 276 g/mol. The molecule has 1 aromatic heterocycles. The number of hydrogen-bond donors (Lipinski definition) is 0. The predicted octanol–water partition coefficient (Wildman–Crippen LogP) is 3.96. The van der Waals surface area contributed by atoms with Gasteiger partial charge < -0.3 is 4.90 Å². The molecular weight excluding hydrogens is 263 g/mol. The molecule has 0 spiro atoms. The molecule has 0 saturated heterocycles. The Bertz CT molecular complexity index is 628. The van der Waals surface area contributed by atoms with Crippen molar-refractivity contribution in [3.63, 3.8) is 0 Å². The number of anilines is 2. The lowest BCUT2D eigenvalue weighted by molar-refractivity contribution is 0.628. The molecule has 98 valence electrons. The largest absolute Gasteiger partial charge is 0.340 e. The third kappa shape index (κ3) is 2.19. The second kappa shape index (κ2) is 4.82. The molecule has 0 radical (unpaired) electrons. The number of alkyl halides is 1. The van der Waals surface area contributed by atoms with Gasteiger partial charge in [0.15, 0.2) is 0 Å². The molecule has 2 nitrogen and oxygen atoms in total. The van der Waals surface area contributed by atoms with Crippen LogP contribution in [0.5, 0.6) is 0 Å². The molecule has 0 N–H and O–H groups in total. The van der Waals surface area contributed by atoms with Crippen LogP contribution in [-0.4, -0.2) is 11.5 Å². The summed E-state index contributed by atoms with van der Waals surface area (Å²) < 4.78 is 13.4. The van der Waals surface area contributed by atoms with Gasteiger partial charge in [-0.25, -0.2) is 4.39 Å². The Morgan fingerprint density at radius 1 is 1.32 bits per heavy atom. The molecule has 4 heteroatoms. The SMILES string of the molecule is Cc1cc(N2CCc3ccc(F)cc32)c(CCl)cn1. The van der Waals surface area contributed by atoms with Gasteiger partial charge in [0, 0.05) is 35.4 Å². The summed E-state index contributed by atoms with van der Waals surface area (Å²) in [5.74, 6) is 0.202. The fraction of sp³-hybridized carbons (Fsp3) is 0.267. The van der Waals surface area contributed by atoms with Gasteiger partial charge in [-0.1, -0.05) is 6.07 Å². The Morgan fingerprint density at radius 2 is 2.16 bits per heavy atom. The molecule has 19 heavy (non-hydrogen) atoms. The molecule has 3 rings (SSSR count). The van der Waals surface area contributed by atoms with E-state index in [-0.39, 0.29) is 5.82 Å². The lowest BCUT2D eigenvalue weighted by Gasteiger charge is -2.22. The average Bonchev–Trinajstić information content (AvgIpc) is 2.81. The van der Waals surface area contributed by atoms with Crippen molar-refractivity contribution in [3.05, 3.63) is 53.1 Å². The minimum atomic E-state index is -0.205. The standard InChI is InChI=1S/C15H14ClFN2/c1-10-6-14(12(8-16)9-18-10)19-5-4-11-2-3-13(17)7-15(11)19/h2-3,6-7,9H,4-5,8H2,1H3. The first-order chi connectivity index (χ1) is 9.19. The van der Waals surface area contributed by atoms with Crippen molar-refractivity contribution in [2.24, 2.45) is 0 Å². The maximum Gasteiger partial charge on any atom is 0.125 e. The van der Waals surface area contributed by atoms with Gasteiger partial charge >= 0.3 is 0 Å². The van der Waals surface area contributed by atoms with Crippen molar-refractivity contribution >= 4 is 23.0 Å². The van der Waals surface area contributed by atoms with Crippen molar-refractivity contribution in [1.82, 2.24) is 4.98 Å². The lowest BCUT2D eigenvalue weighted by Crippen LogP contribution is -2.15. The van der Waals surface area contributed by atoms with Crippen molar-refractivity contribution in [3.8, 4) is 0 Å². The van der Waals surface area contributed by atoms with Crippen LogP contribution in [0.1, 0.15) is 16.8 Å². The highest BCUT2D eigenvalue weighted by Gasteiger charge is 2.23. The number of rotatable bonds is 2. The van der Waals surface area contributed by atoms with Crippen LogP contribution < -0.4 is 4.90 Å². The van der Waals surface area contributed by atoms with Crippen LogP contribution in [0.3, 0.4) is 0 Å².